The van der Waals surface area contributed by atoms with Crippen molar-refractivity contribution in [2.75, 3.05) is 40.4 Å². The van der Waals surface area contributed by atoms with Crippen LogP contribution >= 0.6 is 0 Å². The lowest BCUT2D eigenvalue weighted by Gasteiger charge is -2.75. The maximum absolute atomic E-state index is 13.1. The van der Waals surface area contributed by atoms with Gasteiger partial charge in [0.1, 0.15) is 23.4 Å². The molecule has 2 aromatic carbocycles. The summed E-state index contributed by atoms with van der Waals surface area (Å²) in [4.78, 5) is 5.67. The van der Waals surface area contributed by atoms with E-state index in [4.69, 9.17) is 18.9 Å². The van der Waals surface area contributed by atoms with Crippen molar-refractivity contribution in [1.29, 1.82) is 0 Å². The van der Waals surface area contributed by atoms with Crippen LogP contribution in [0, 0.1) is 45.3 Å². The summed E-state index contributed by atoms with van der Waals surface area (Å²) in [5, 5.41) is 51.9. The Kier molecular flexibility index (Phi) is 8.40. The molecule has 0 unspecified atom stereocenters. The fourth-order valence-corrected chi connectivity index (χ4v) is 19.7. The van der Waals surface area contributed by atoms with Gasteiger partial charge in [0, 0.05) is 95.1 Å². The number of phenolic OH excluding ortho intramolecular Hbond substituents is 2. The van der Waals surface area contributed by atoms with Crippen LogP contribution in [-0.4, -0.2) is 117 Å². The molecule has 0 aromatic heterocycles. The third kappa shape index (κ3) is 4.69. The molecule has 10 nitrogen and oxygen atoms in total. The molecule has 10 heteroatoms. The Bertz CT molecular complexity index is 2380. The first-order chi connectivity index (χ1) is 32.0. The van der Waals surface area contributed by atoms with Crippen molar-refractivity contribution < 1.29 is 39.4 Å². The van der Waals surface area contributed by atoms with Gasteiger partial charge in [-0.1, -0.05) is 41.5 Å². The highest BCUT2D eigenvalue weighted by molar-refractivity contribution is 5.86. The van der Waals surface area contributed by atoms with Gasteiger partial charge < -0.3 is 39.4 Å². The first kappa shape index (κ1) is 44.1. The highest BCUT2D eigenvalue weighted by atomic mass is 16.6. The first-order valence-corrected chi connectivity index (χ1v) is 27.2. The summed E-state index contributed by atoms with van der Waals surface area (Å²) in [7, 11) is 3.68. The molecule has 4 aliphatic heterocycles. The molecule has 0 amide bonds. The van der Waals surface area contributed by atoms with E-state index in [1.807, 2.05) is 28.1 Å². The van der Waals surface area contributed by atoms with Gasteiger partial charge in [0.05, 0.1) is 11.2 Å². The van der Waals surface area contributed by atoms with Crippen LogP contribution in [0.5, 0.6) is 23.0 Å². The largest absolute Gasteiger partial charge is 0.504 e. The molecule has 10 fully saturated rings. The molecule has 14 aliphatic rings. The molecular formula is C58H80N2O8. The number of benzene rings is 2. The van der Waals surface area contributed by atoms with Gasteiger partial charge >= 0.3 is 0 Å². The van der Waals surface area contributed by atoms with E-state index in [0.29, 0.717) is 22.6 Å². The molecule has 4 spiro atoms. The smallest absolute Gasteiger partial charge is 0.166 e. The van der Waals surface area contributed by atoms with Crippen LogP contribution < -0.4 is 9.47 Å². The number of aromatic hydroxyl groups is 2. The number of hydrogen-bond acceptors (Lipinski definition) is 10. The summed E-state index contributed by atoms with van der Waals surface area (Å²) in [6.07, 6.45) is 13.4. The maximum Gasteiger partial charge on any atom is 0.166 e. The second kappa shape index (κ2) is 12.9. The van der Waals surface area contributed by atoms with Crippen LogP contribution in [0.15, 0.2) is 12.1 Å². The van der Waals surface area contributed by atoms with E-state index in [2.05, 4.69) is 63.5 Å². The lowest BCUT2D eigenvalue weighted by molar-refractivity contribution is -0.312. The van der Waals surface area contributed by atoms with E-state index >= 15 is 0 Å². The van der Waals surface area contributed by atoms with Gasteiger partial charge in [0.15, 0.2) is 23.0 Å². The number of piperidine rings is 2. The maximum atomic E-state index is 13.1. The standard InChI is InChI=1S/C58H80N2O8/c1-49(2,3)51(7,63)37-27-53-15-17-57(37,65-9)47-55(53)19-21-59(29-31-11-12-31)39(53)25-33-23-35(43(61)45(67-47)41(33)55)36-24-34-26-40-54-16-18-58(66-10,38(28-54)52(8,64)50(4,5)6)48-56(54,42(34)46(68-48)44(36)62)20-22-60(40)30-32-13-14-32/h23-24,31-32,37-40,47-48,61-64H,11-22,25-30H2,1-10H3/t37-,38-,39-,40-,47-,48-,51+,52+,53-,54-,55+,56+,57-,58-/m1/s1. The molecule has 8 bridgehead atoms. The second-order valence-electron chi connectivity index (χ2n) is 28.0. The summed E-state index contributed by atoms with van der Waals surface area (Å²) < 4.78 is 28.8. The Labute approximate surface area is 404 Å². The van der Waals surface area contributed by atoms with E-state index in [1.165, 1.54) is 47.9 Å². The number of methoxy groups -OCH3 is 2. The number of aliphatic hydroxyl groups is 2. The second-order valence-corrected chi connectivity index (χ2v) is 28.0. The van der Waals surface area contributed by atoms with Gasteiger partial charge in [-0.2, -0.15) is 0 Å². The normalized spacial score (nSPS) is 44.2. The summed E-state index contributed by atoms with van der Waals surface area (Å²) in [6, 6.07) is 5.00. The number of rotatable bonds is 9. The van der Waals surface area contributed by atoms with Crippen LogP contribution in [-0.2, 0) is 33.1 Å². The topological polar surface area (TPSA) is 124 Å². The van der Waals surface area contributed by atoms with E-state index in [0.717, 1.165) is 102 Å². The predicted molar refractivity (Wildman–Crippen MR) is 259 cm³/mol. The third-order valence-corrected chi connectivity index (χ3v) is 24.2. The van der Waals surface area contributed by atoms with Crippen molar-refractivity contribution in [2.45, 2.75) is 203 Å². The average molecular weight is 933 g/mol. The van der Waals surface area contributed by atoms with Gasteiger partial charge in [0.2, 0.25) is 0 Å². The monoisotopic (exact) mass is 933 g/mol. The van der Waals surface area contributed by atoms with Crippen molar-refractivity contribution in [3.8, 4) is 34.1 Å². The molecule has 16 rings (SSSR count). The Morgan fingerprint density at radius 3 is 1.31 bits per heavy atom. The lowest BCUT2D eigenvalue weighted by Crippen LogP contribution is -2.83. The number of fused-ring (bicyclic) bond motifs is 4. The summed E-state index contributed by atoms with van der Waals surface area (Å²) in [6.45, 7) is 21.3. The Morgan fingerprint density at radius 2 is 0.971 bits per heavy atom. The Balaban J connectivity index is 0.957. The van der Waals surface area contributed by atoms with E-state index in [-0.39, 0.29) is 69.3 Å². The number of ether oxygens (including phenoxy) is 4. The van der Waals surface area contributed by atoms with Gasteiger partial charge in [-0.25, -0.2) is 0 Å². The molecule has 68 heavy (non-hydrogen) atoms. The number of likely N-dealkylation sites (tertiary alicyclic amines) is 2. The van der Waals surface area contributed by atoms with Gasteiger partial charge in [-0.05, 0) is 163 Å². The summed E-state index contributed by atoms with van der Waals surface area (Å²) in [5.74, 6) is 2.48. The minimum absolute atomic E-state index is 0.0971. The number of hydrogen-bond donors (Lipinski definition) is 4. The molecule has 8 saturated carbocycles. The minimum Gasteiger partial charge on any atom is -0.504 e. The Morgan fingerprint density at radius 1 is 0.588 bits per heavy atom. The molecular weight excluding hydrogens is 853 g/mol. The molecule has 370 valence electrons. The van der Waals surface area contributed by atoms with Crippen LogP contribution in [0.2, 0.25) is 0 Å². The number of nitrogens with zero attached hydrogens (tertiary/aromatic N) is 2. The van der Waals surface area contributed by atoms with E-state index in [1.54, 1.807) is 0 Å². The average Bonchev–Trinajstić information content (AvgIpc) is 4.22. The molecule has 4 N–H and O–H groups in total. The van der Waals surface area contributed by atoms with Crippen molar-refractivity contribution >= 4 is 0 Å². The first-order valence-electron chi connectivity index (χ1n) is 27.2. The SMILES string of the molecule is CO[C@]12CC[C@@]3(C[C@@H]1[C@](C)(O)C(C)(C)C)[C@H]1Cc4cc(-c5cc6c7c(c5O)O[C@H]5[C@@]8(OC)CC[C@@]9(C[C@@H]8[C@](C)(O)C(C)(C)C)[C@@H](C6)N(CC6CC6)CC[C@]759)c(O)c5c4[C@@]3(CCN1CC1CC1)[C@H]2O5. The molecule has 14 atom stereocenters. The number of phenols is 2. The highest BCUT2D eigenvalue weighted by Crippen LogP contribution is 2.81. The fraction of sp³-hybridized carbons (Fsp3) is 0.793. The van der Waals surface area contributed by atoms with E-state index in [9.17, 15) is 20.4 Å². The molecule has 0 radical (unpaired) electrons. The summed E-state index contributed by atoms with van der Waals surface area (Å²) in [5.41, 5.74) is 0.598. The van der Waals surface area contributed by atoms with E-state index < -0.39 is 33.2 Å². The van der Waals surface area contributed by atoms with Crippen molar-refractivity contribution in [3.63, 3.8) is 0 Å². The van der Waals surface area contributed by atoms with Gasteiger partial charge in [0.25, 0.3) is 0 Å². The Hall–Kier alpha value is -2.60. The lowest BCUT2D eigenvalue weighted by atomic mass is 9.33. The molecule has 10 aliphatic carbocycles. The van der Waals surface area contributed by atoms with Gasteiger partial charge in [-0.3, -0.25) is 9.80 Å². The molecule has 4 heterocycles. The quantitative estimate of drug-likeness (QED) is 0.194. The predicted octanol–water partition coefficient (Wildman–Crippen LogP) is 8.81. The summed E-state index contributed by atoms with van der Waals surface area (Å²) >= 11 is 0. The van der Waals surface area contributed by atoms with Crippen LogP contribution in [0.4, 0.5) is 0 Å². The highest BCUT2D eigenvalue weighted by Gasteiger charge is 2.84. The van der Waals surface area contributed by atoms with Crippen LogP contribution in [0.1, 0.15) is 155 Å². The van der Waals surface area contributed by atoms with Crippen molar-refractivity contribution in [2.24, 2.45) is 45.3 Å². The minimum atomic E-state index is -1.04. The third-order valence-electron chi connectivity index (χ3n) is 24.2. The zero-order valence-corrected chi connectivity index (χ0v) is 42.8. The van der Waals surface area contributed by atoms with Crippen molar-refractivity contribution in [3.05, 3.63) is 34.4 Å². The molecule has 2 aromatic rings. The fourth-order valence-electron chi connectivity index (χ4n) is 19.7. The zero-order valence-electron chi connectivity index (χ0n) is 42.8. The van der Waals surface area contributed by atoms with Crippen LogP contribution in [0.3, 0.4) is 0 Å². The molecule has 2 saturated heterocycles. The van der Waals surface area contributed by atoms with Crippen molar-refractivity contribution in [1.82, 2.24) is 9.80 Å². The van der Waals surface area contributed by atoms with Crippen LogP contribution in [0.25, 0.3) is 11.1 Å². The van der Waals surface area contributed by atoms with Gasteiger partial charge in [-0.15, -0.1) is 0 Å². The zero-order chi connectivity index (χ0) is 47.5.